The molecule has 2 heterocycles. The first-order valence-electron chi connectivity index (χ1n) is 6.04. The Morgan fingerprint density at radius 3 is 3.11 bits per heavy atom. The largest absolute Gasteiger partial charge is 0.481 e. The third kappa shape index (κ3) is 1.82. The number of halogens is 1. The van der Waals surface area contributed by atoms with E-state index in [-0.39, 0.29) is 12.0 Å². The minimum absolute atomic E-state index is 0.0121. The molecule has 18 heavy (non-hydrogen) atoms. The summed E-state index contributed by atoms with van der Waals surface area (Å²) < 4.78 is 6.38. The Hall–Kier alpha value is -1.07. The van der Waals surface area contributed by atoms with Crippen LogP contribution in [0.3, 0.4) is 0 Å². The van der Waals surface area contributed by atoms with Crippen molar-refractivity contribution in [3.05, 3.63) is 28.2 Å². The van der Waals surface area contributed by atoms with Crippen molar-refractivity contribution in [2.24, 2.45) is 5.92 Å². The number of carbonyl (C=O) groups is 1. The molecule has 96 valence electrons. The number of hydrogen-bond acceptors (Lipinski definition) is 3. The Bertz CT molecular complexity index is 491. The van der Waals surface area contributed by atoms with Crippen LogP contribution in [0.15, 0.2) is 22.7 Å². The van der Waals surface area contributed by atoms with Gasteiger partial charge in [0.25, 0.3) is 0 Å². The second kappa shape index (κ2) is 4.55. The lowest BCUT2D eigenvalue weighted by Crippen LogP contribution is -2.46. The number of benzene rings is 1. The summed E-state index contributed by atoms with van der Waals surface area (Å²) in [5.41, 5.74) is 1.77. The fourth-order valence-electron chi connectivity index (χ4n) is 2.95. The second-order valence-corrected chi connectivity index (χ2v) is 5.65. The smallest absolute Gasteiger partial charge is 0.311 e. The molecule has 1 fully saturated rings. The average Bonchev–Trinajstić information content (AvgIpc) is 2.36. The van der Waals surface area contributed by atoms with Gasteiger partial charge in [0, 0.05) is 23.0 Å². The molecule has 3 atom stereocenters. The Labute approximate surface area is 113 Å². The highest BCUT2D eigenvalue weighted by atomic mass is 79.9. The van der Waals surface area contributed by atoms with Crippen LogP contribution in [-0.4, -0.2) is 30.3 Å². The van der Waals surface area contributed by atoms with Gasteiger partial charge in [0.05, 0.1) is 18.2 Å². The van der Waals surface area contributed by atoms with E-state index in [0.29, 0.717) is 13.2 Å². The first-order chi connectivity index (χ1) is 8.68. The fraction of sp³-hybridized carbons (Fsp3) is 0.462. The van der Waals surface area contributed by atoms with Gasteiger partial charge in [-0.3, -0.25) is 4.79 Å². The number of anilines is 1. The molecular weight excluding hydrogens is 298 g/mol. The van der Waals surface area contributed by atoms with E-state index in [9.17, 15) is 9.90 Å². The van der Waals surface area contributed by atoms with Crippen molar-refractivity contribution in [2.75, 3.05) is 18.5 Å². The normalized spacial score (nSPS) is 29.9. The summed E-state index contributed by atoms with van der Waals surface area (Å²) in [5.74, 6) is -1.24. The third-order valence-electron chi connectivity index (χ3n) is 3.81. The number of fused-ring (bicyclic) bond motifs is 2. The fourth-order valence-corrected chi connectivity index (χ4v) is 3.45. The van der Waals surface area contributed by atoms with E-state index >= 15 is 0 Å². The Balaban J connectivity index is 2.10. The van der Waals surface area contributed by atoms with Crippen LogP contribution in [0.4, 0.5) is 5.69 Å². The molecule has 0 amide bonds. The zero-order valence-corrected chi connectivity index (χ0v) is 11.3. The van der Waals surface area contributed by atoms with E-state index in [2.05, 4.69) is 21.2 Å². The van der Waals surface area contributed by atoms with Gasteiger partial charge in [0.15, 0.2) is 0 Å². The molecule has 3 unspecified atom stereocenters. The molecule has 2 aliphatic rings. The summed E-state index contributed by atoms with van der Waals surface area (Å²) in [6.45, 7) is 1.21. The van der Waals surface area contributed by atoms with Crippen LogP contribution in [0.25, 0.3) is 0 Å². The van der Waals surface area contributed by atoms with Crippen molar-refractivity contribution in [3.63, 3.8) is 0 Å². The van der Waals surface area contributed by atoms with Gasteiger partial charge >= 0.3 is 5.97 Å². The molecule has 4 nitrogen and oxygen atoms in total. The van der Waals surface area contributed by atoms with Gasteiger partial charge in [-0.05, 0) is 34.0 Å². The summed E-state index contributed by atoms with van der Waals surface area (Å²) in [6.07, 6.45) is 0.856. The molecule has 0 saturated carbocycles. The van der Waals surface area contributed by atoms with Crippen LogP contribution in [0.2, 0.25) is 0 Å². The van der Waals surface area contributed by atoms with Gasteiger partial charge in [-0.25, -0.2) is 0 Å². The number of hydrogen-bond donors (Lipinski definition) is 2. The standard InChI is InChI=1S/C13H14BrNO3/c14-9-3-1-2-7-11(13(16)17)8-6-18-5-4-10(8)15-12(7)9/h1-3,8,10-11,15H,4-6H2,(H,16,17). The van der Waals surface area contributed by atoms with Crippen molar-refractivity contribution in [1.82, 2.24) is 0 Å². The molecule has 0 aliphatic carbocycles. The number of para-hydroxylation sites is 1. The van der Waals surface area contributed by atoms with Crippen LogP contribution in [-0.2, 0) is 9.53 Å². The van der Waals surface area contributed by atoms with Crippen molar-refractivity contribution in [3.8, 4) is 0 Å². The Kier molecular flexibility index (Phi) is 3.03. The average molecular weight is 312 g/mol. The lowest BCUT2D eigenvalue weighted by Gasteiger charge is -2.41. The quantitative estimate of drug-likeness (QED) is 0.836. The summed E-state index contributed by atoms with van der Waals surface area (Å²) in [5, 5.41) is 13.0. The molecule has 2 aliphatic heterocycles. The van der Waals surface area contributed by atoms with Gasteiger partial charge in [-0.1, -0.05) is 12.1 Å². The number of ether oxygens (including phenoxy) is 1. The number of carboxylic acid groups (broad SMARTS) is 1. The predicted molar refractivity (Wildman–Crippen MR) is 70.9 cm³/mol. The van der Waals surface area contributed by atoms with E-state index < -0.39 is 11.9 Å². The second-order valence-electron chi connectivity index (χ2n) is 4.80. The summed E-state index contributed by atoms with van der Waals surface area (Å²) in [4.78, 5) is 11.6. The molecule has 5 heteroatoms. The van der Waals surface area contributed by atoms with Gasteiger partial charge < -0.3 is 15.2 Å². The van der Waals surface area contributed by atoms with Gasteiger partial charge in [-0.15, -0.1) is 0 Å². The van der Waals surface area contributed by atoms with Crippen LogP contribution in [0, 0.1) is 5.92 Å². The number of carboxylic acids is 1. The third-order valence-corrected chi connectivity index (χ3v) is 4.47. The topological polar surface area (TPSA) is 58.6 Å². The molecule has 1 aromatic carbocycles. The molecule has 0 aromatic heterocycles. The highest BCUT2D eigenvalue weighted by Gasteiger charge is 2.42. The molecule has 0 spiro atoms. The monoisotopic (exact) mass is 311 g/mol. The van der Waals surface area contributed by atoms with Crippen molar-refractivity contribution >= 4 is 27.6 Å². The van der Waals surface area contributed by atoms with Crippen molar-refractivity contribution in [1.29, 1.82) is 0 Å². The van der Waals surface area contributed by atoms with E-state index in [4.69, 9.17) is 4.74 Å². The maximum Gasteiger partial charge on any atom is 0.311 e. The van der Waals surface area contributed by atoms with E-state index in [1.807, 2.05) is 18.2 Å². The molecule has 2 N–H and O–H groups in total. The molecular formula is C13H14BrNO3. The Morgan fingerprint density at radius 2 is 2.33 bits per heavy atom. The molecule has 3 rings (SSSR count). The number of rotatable bonds is 1. The van der Waals surface area contributed by atoms with Crippen LogP contribution in [0.5, 0.6) is 0 Å². The van der Waals surface area contributed by atoms with Crippen molar-refractivity contribution in [2.45, 2.75) is 18.4 Å². The molecule has 0 bridgehead atoms. The lowest BCUT2D eigenvalue weighted by atomic mass is 9.76. The highest BCUT2D eigenvalue weighted by molar-refractivity contribution is 9.10. The Morgan fingerprint density at radius 1 is 1.50 bits per heavy atom. The predicted octanol–water partition coefficient (Wildman–Crippen LogP) is 2.45. The number of nitrogens with one attached hydrogen (secondary N) is 1. The zero-order chi connectivity index (χ0) is 12.7. The van der Waals surface area contributed by atoms with E-state index in [0.717, 1.165) is 22.1 Å². The SMILES string of the molecule is O=C(O)C1c2cccc(Br)c2NC2CCOCC21. The van der Waals surface area contributed by atoms with Crippen molar-refractivity contribution < 1.29 is 14.6 Å². The number of aliphatic carboxylic acids is 1. The minimum atomic E-state index is -0.767. The summed E-state index contributed by atoms with van der Waals surface area (Å²) >= 11 is 3.49. The molecule has 1 saturated heterocycles. The van der Waals surface area contributed by atoms with Gasteiger partial charge in [-0.2, -0.15) is 0 Å². The van der Waals surface area contributed by atoms with Gasteiger partial charge in [0.1, 0.15) is 0 Å². The lowest BCUT2D eigenvalue weighted by molar-refractivity contribution is -0.142. The molecule has 0 radical (unpaired) electrons. The minimum Gasteiger partial charge on any atom is -0.481 e. The van der Waals surface area contributed by atoms with Gasteiger partial charge in [0.2, 0.25) is 0 Å². The van der Waals surface area contributed by atoms with Crippen LogP contribution < -0.4 is 5.32 Å². The zero-order valence-electron chi connectivity index (χ0n) is 9.73. The maximum absolute atomic E-state index is 11.6. The summed E-state index contributed by atoms with van der Waals surface area (Å²) in [7, 11) is 0. The first-order valence-corrected chi connectivity index (χ1v) is 6.83. The van der Waals surface area contributed by atoms with E-state index in [1.54, 1.807) is 0 Å². The molecule has 1 aromatic rings. The highest BCUT2D eigenvalue weighted by Crippen LogP contribution is 2.43. The van der Waals surface area contributed by atoms with E-state index in [1.165, 1.54) is 0 Å². The summed E-state index contributed by atoms with van der Waals surface area (Å²) in [6, 6.07) is 5.89. The first kappa shape index (κ1) is 12.0. The maximum atomic E-state index is 11.6. The van der Waals surface area contributed by atoms with Crippen LogP contribution in [0.1, 0.15) is 17.9 Å². The van der Waals surface area contributed by atoms with Crippen LogP contribution >= 0.6 is 15.9 Å².